The molecule has 0 saturated heterocycles. The van der Waals surface area contributed by atoms with Crippen LogP contribution in [-0.2, 0) is 4.57 Å². The van der Waals surface area contributed by atoms with E-state index in [2.05, 4.69) is 0 Å². The van der Waals surface area contributed by atoms with Gasteiger partial charge in [0.25, 0.3) is 0 Å². The van der Waals surface area contributed by atoms with Crippen LogP contribution in [0.4, 0.5) is 0 Å². The summed E-state index contributed by atoms with van der Waals surface area (Å²) >= 11 is 0. The molecule has 0 aromatic rings. The summed E-state index contributed by atoms with van der Waals surface area (Å²) in [4.78, 5) is 16.6. The molecule has 0 amide bonds. The molecule has 0 unspecified atom stereocenters. The van der Waals surface area contributed by atoms with Gasteiger partial charge in [-0.05, 0) is 0 Å². The van der Waals surface area contributed by atoms with Gasteiger partial charge in [-0.1, -0.05) is 0 Å². The van der Waals surface area contributed by atoms with Gasteiger partial charge < -0.3 is 25.1 Å². The highest BCUT2D eigenvalue weighted by Crippen LogP contribution is 2.41. The molecule has 11 heavy (non-hydrogen) atoms. The molecule has 68 valence electrons. The lowest BCUT2D eigenvalue weighted by molar-refractivity contribution is 0.0565. The van der Waals surface area contributed by atoms with E-state index in [0.717, 1.165) is 0 Å². The van der Waals surface area contributed by atoms with Crippen molar-refractivity contribution >= 4 is 7.60 Å². The second kappa shape index (κ2) is 4.15. The molecule has 0 rings (SSSR count). The van der Waals surface area contributed by atoms with E-state index in [-0.39, 0.29) is 0 Å². The average Bonchev–Trinajstić information content (AvgIpc) is 1.85. The Kier molecular flexibility index (Phi) is 4.17. The van der Waals surface area contributed by atoms with Crippen LogP contribution >= 0.6 is 7.60 Å². The van der Waals surface area contributed by atoms with Gasteiger partial charge in [0.15, 0.2) is 5.85 Å². The van der Waals surface area contributed by atoms with Crippen LogP contribution in [0, 0.1) is 0 Å². The maximum absolute atomic E-state index is 10.2. The molecule has 0 aliphatic carbocycles. The second-order valence-electron chi connectivity index (χ2n) is 2.14. The van der Waals surface area contributed by atoms with Gasteiger partial charge in [0, 0.05) is 6.42 Å². The van der Waals surface area contributed by atoms with Crippen molar-refractivity contribution in [2.75, 3.05) is 6.61 Å². The predicted molar refractivity (Wildman–Crippen MR) is 35.8 cm³/mol. The Balaban J connectivity index is 3.88. The number of hydrogen-bond donors (Lipinski definition) is 5. The van der Waals surface area contributed by atoms with E-state index in [1.165, 1.54) is 0 Å². The van der Waals surface area contributed by atoms with Crippen molar-refractivity contribution in [3.05, 3.63) is 0 Å². The first-order chi connectivity index (χ1) is 4.88. The minimum Gasteiger partial charge on any atom is -0.394 e. The lowest BCUT2D eigenvalue weighted by Gasteiger charge is -2.14. The molecule has 0 radical (unpaired) electrons. The molecule has 0 heterocycles. The maximum atomic E-state index is 10.2. The lowest BCUT2D eigenvalue weighted by atomic mass is 10.3. The summed E-state index contributed by atoms with van der Waals surface area (Å²) in [6, 6.07) is 0. The van der Waals surface area contributed by atoms with Crippen molar-refractivity contribution in [1.29, 1.82) is 0 Å². The summed E-state index contributed by atoms with van der Waals surface area (Å²) in [5, 5.41) is 25.5. The van der Waals surface area contributed by atoms with E-state index in [1.807, 2.05) is 0 Å². The van der Waals surface area contributed by atoms with E-state index in [9.17, 15) is 4.57 Å². The molecular formula is C4H11O6P. The third kappa shape index (κ3) is 4.47. The fourth-order valence-corrected chi connectivity index (χ4v) is 0.973. The predicted octanol–water partition coefficient (Wildman–Crippen LogP) is -1.77. The third-order valence-electron chi connectivity index (χ3n) is 1.08. The van der Waals surface area contributed by atoms with Crippen LogP contribution in [0.3, 0.4) is 0 Å². The van der Waals surface area contributed by atoms with E-state index in [1.54, 1.807) is 0 Å². The Morgan fingerprint density at radius 3 is 2.00 bits per heavy atom. The minimum absolute atomic E-state index is 0.527. The minimum atomic E-state index is -4.54. The molecule has 0 bridgehead atoms. The van der Waals surface area contributed by atoms with Gasteiger partial charge in [-0.3, -0.25) is 4.57 Å². The molecular weight excluding hydrogens is 175 g/mol. The average molecular weight is 186 g/mol. The quantitative estimate of drug-likeness (QED) is 0.331. The standard InChI is InChI=1S/C4H11O6P/c5-2-3(6)1-4(7)11(8,9)10/h3-7H,1-2H2,(H2,8,9,10)/t3-,4-/m0/s1. The summed E-state index contributed by atoms with van der Waals surface area (Å²) in [6.07, 6.45) is -1.82. The Morgan fingerprint density at radius 1 is 1.27 bits per heavy atom. The van der Waals surface area contributed by atoms with Crippen LogP contribution in [0.2, 0.25) is 0 Å². The zero-order valence-electron chi connectivity index (χ0n) is 5.66. The molecule has 6 nitrogen and oxygen atoms in total. The van der Waals surface area contributed by atoms with Crippen molar-refractivity contribution in [3.63, 3.8) is 0 Å². The Hall–Kier alpha value is 0.0300. The third-order valence-corrected chi connectivity index (χ3v) is 2.07. The van der Waals surface area contributed by atoms with Gasteiger partial charge in [0.1, 0.15) is 0 Å². The fourth-order valence-electron chi connectivity index (χ4n) is 0.455. The molecule has 0 aliphatic heterocycles. The van der Waals surface area contributed by atoms with Crippen molar-refractivity contribution in [3.8, 4) is 0 Å². The highest BCUT2D eigenvalue weighted by Gasteiger charge is 2.28. The summed E-state index contributed by atoms with van der Waals surface area (Å²) in [5.41, 5.74) is 0. The monoisotopic (exact) mass is 186 g/mol. The Morgan fingerprint density at radius 2 is 1.73 bits per heavy atom. The highest BCUT2D eigenvalue weighted by molar-refractivity contribution is 7.52. The molecule has 0 aromatic heterocycles. The van der Waals surface area contributed by atoms with Crippen LogP contribution < -0.4 is 0 Å². The summed E-state index contributed by atoms with van der Waals surface area (Å²) in [5.74, 6) is -1.90. The van der Waals surface area contributed by atoms with Crippen LogP contribution in [-0.4, -0.2) is 43.7 Å². The van der Waals surface area contributed by atoms with Gasteiger partial charge in [0.2, 0.25) is 0 Å². The zero-order chi connectivity index (χ0) is 9.07. The van der Waals surface area contributed by atoms with E-state index < -0.39 is 32.6 Å². The number of aliphatic hydroxyl groups is 3. The molecule has 0 spiro atoms. The van der Waals surface area contributed by atoms with Gasteiger partial charge >= 0.3 is 7.60 Å². The van der Waals surface area contributed by atoms with Crippen LogP contribution in [0.5, 0.6) is 0 Å². The first-order valence-electron chi connectivity index (χ1n) is 2.90. The molecule has 0 aliphatic rings. The molecule has 0 fully saturated rings. The molecule has 7 heteroatoms. The van der Waals surface area contributed by atoms with Crippen LogP contribution in [0.1, 0.15) is 6.42 Å². The van der Waals surface area contributed by atoms with Crippen molar-refractivity contribution < 1.29 is 29.7 Å². The van der Waals surface area contributed by atoms with Gasteiger partial charge in [-0.25, -0.2) is 0 Å². The summed E-state index contributed by atoms with van der Waals surface area (Å²) in [6.45, 7) is -0.628. The number of hydrogen-bond acceptors (Lipinski definition) is 4. The summed E-state index contributed by atoms with van der Waals surface area (Å²) < 4.78 is 10.2. The zero-order valence-corrected chi connectivity index (χ0v) is 6.55. The largest absolute Gasteiger partial charge is 0.394 e. The lowest BCUT2D eigenvalue weighted by Crippen LogP contribution is -2.20. The van der Waals surface area contributed by atoms with Crippen molar-refractivity contribution in [2.45, 2.75) is 18.4 Å². The molecule has 0 saturated carbocycles. The van der Waals surface area contributed by atoms with E-state index >= 15 is 0 Å². The SMILES string of the molecule is O=P(O)(O)[C@H](O)C[C@H](O)CO. The van der Waals surface area contributed by atoms with Crippen molar-refractivity contribution in [2.24, 2.45) is 0 Å². The molecule has 2 atom stereocenters. The number of aliphatic hydroxyl groups excluding tert-OH is 3. The number of rotatable bonds is 4. The molecule has 0 aromatic carbocycles. The van der Waals surface area contributed by atoms with E-state index in [4.69, 9.17) is 25.1 Å². The first-order valence-corrected chi connectivity index (χ1v) is 4.58. The maximum Gasteiger partial charge on any atom is 0.353 e. The van der Waals surface area contributed by atoms with Crippen LogP contribution in [0.25, 0.3) is 0 Å². The first kappa shape index (κ1) is 11.0. The fraction of sp³-hybridized carbons (Fsp3) is 1.00. The van der Waals surface area contributed by atoms with Gasteiger partial charge in [0.05, 0.1) is 12.7 Å². The highest BCUT2D eigenvalue weighted by atomic mass is 31.2. The topological polar surface area (TPSA) is 118 Å². The van der Waals surface area contributed by atoms with Gasteiger partial charge in [-0.15, -0.1) is 0 Å². The van der Waals surface area contributed by atoms with Crippen molar-refractivity contribution in [1.82, 2.24) is 0 Å². The normalized spacial score (nSPS) is 17.9. The second-order valence-corrected chi connectivity index (χ2v) is 3.92. The van der Waals surface area contributed by atoms with Gasteiger partial charge in [-0.2, -0.15) is 0 Å². The Bertz CT molecular complexity index is 153. The smallest absolute Gasteiger partial charge is 0.353 e. The summed E-state index contributed by atoms with van der Waals surface area (Å²) in [7, 11) is -4.54. The molecule has 5 N–H and O–H groups in total. The van der Waals surface area contributed by atoms with E-state index in [0.29, 0.717) is 0 Å². The van der Waals surface area contributed by atoms with Crippen LogP contribution in [0.15, 0.2) is 0 Å². The Labute approximate surface area is 63.3 Å².